The molecule has 10 heteroatoms. The Hall–Kier alpha value is -3.11. The van der Waals surface area contributed by atoms with Gasteiger partial charge in [-0.1, -0.05) is 47.5 Å². The van der Waals surface area contributed by atoms with Gasteiger partial charge in [0.2, 0.25) is 11.8 Å². The third-order valence-corrected chi connectivity index (χ3v) is 9.52. The lowest BCUT2D eigenvalue weighted by atomic mass is 10.0. The van der Waals surface area contributed by atoms with E-state index in [-0.39, 0.29) is 29.4 Å². The number of thiophene rings is 1. The molecule has 0 saturated carbocycles. The predicted molar refractivity (Wildman–Crippen MR) is 157 cm³/mol. The summed E-state index contributed by atoms with van der Waals surface area (Å²) in [6, 6.07) is 19.8. The Labute approximate surface area is 240 Å². The van der Waals surface area contributed by atoms with Gasteiger partial charge in [-0.05, 0) is 42.6 Å². The van der Waals surface area contributed by atoms with Crippen molar-refractivity contribution < 1.29 is 14.3 Å². The Morgan fingerprint density at radius 3 is 2.51 bits per heavy atom. The number of morpholine rings is 1. The summed E-state index contributed by atoms with van der Waals surface area (Å²) in [4.78, 5) is 31.8. The van der Waals surface area contributed by atoms with Gasteiger partial charge >= 0.3 is 0 Å². The first-order chi connectivity index (χ1) is 19.0. The van der Waals surface area contributed by atoms with Gasteiger partial charge in [0.1, 0.15) is 12.4 Å². The van der Waals surface area contributed by atoms with Crippen molar-refractivity contribution in [2.45, 2.75) is 12.2 Å². The molecule has 39 heavy (non-hydrogen) atoms. The Morgan fingerprint density at radius 1 is 1.08 bits per heavy atom. The number of carbonyl (C=O) groups excluding carboxylic acids is 2. The summed E-state index contributed by atoms with van der Waals surface area (Å²) < 4.78 is 7.27. The van der Waals surface area contributed by atoms with E-state index in [0.29, 0.717) is 37.1 Å². The van der Waals surface area contributed by atoms with Crippen LogP contribution in [0.5, 0.6) is 0 Å². The number of benzene rings is 2. The van der Waals surface area contributed by atoms with Crippen LogP contribution in [0.2, 0.25) is 5.02 Å². The van der Waals surface area contributed by atoms with Crippen LogP contribution in [0.1, 0.15) is 21.3 Å². The summed E-state index contributed by atoms with van der Waals surface area (Å²) in [5, 5.41) is 7.69. The molecular weight excluding hydrogens is 552 g/mol. The van der Waals surface area contributed by atoms with Crippen LogP contribution in [0.25, 0.3) is 16.9 Å². The largest absolute Gasteiger partial charge is 0.378 e. The molecule has 0 aliphatic carbocycles. The minimum absolute atomic E-state index is 0.0544. The summed E-state index contributed by atoms with van der Waals surface area (Å²) in [5.74, 6) is 0.681. The predicted octanol–water partition coefficient (Wildman–Crippen LogP) is 5.59. The summed E-state index contributed by atoms with van der Waals surface area (Å²) >= 11 is 9.47. The summed E-state index contributed by atoms with van der Waals surface area (Å²) in [6.45, 7) is 4.03. The van der Waals surface area contributed by atoms with Gasteiger partial charge in [0, 0.05) is 34.1 Å². The Kier molecular flexibility index (Phi) is 7.49. The molecule has 1 fully saturated rings. The summed E-state index contributed by atoms with van der Waals surface area (Å²) in [6.07, 6.45) is 0. The van der Waals surface area contributed by atoms with Gasteiger partial charge in [-0.25, -0.2) is 4.68 Å². The highest BCUT2D eigenvalue weighted by Crippen LogP contribution is 2.49. The lowest BCUT2D eigenvalue weighted by molar-refractivity contribution is -0.134. The zero-order valence-electron chi connectivity index (χ0n) is 21.4. The molecule has 2 aromatic carbocycles. The topological polar surface area (TPSA) is 67.7 Å². The number of hydrogen-bond acceptors (Lipinski definition) is 6. The molecule has 0 bridgehead atoms. The molecule has 4 heterocycles. The van der Waals surface area contributed by atoms with Gasteiger partial charge in [0.05, 0.1) is 35.6 Å². The smallest absolute Gasteiger partial charge is 0.242 e. The van der Waals surface area contributed by atoms with Crippen molar-refractivity contribution in [3.63, 3.8) is 0 Å². The van der Waals surface area contributed by atoms with E-state index < -0.39 is 0 Å². The van der Waals surface area contributed by atoms with E-state index in [4.69, 9.17) is 21.4 Å². The van der Waals surface area contributed by atoms with Crippen LogP contribution in [0.4, 0.5) is 5.82 Å². The SMILES string of the molecule is Cc1ccc(-n2nc(-c3ccc(Cl)cc3)c3c2N(CC(=O)N2CCOCC2)C(=O)CS[C@@H]3c2cccs2)cc1. The van der Waals surface area contributed by atoms with E-state index >= 15 is 0 Å². The molecule has 2 aliphatic heterocycles. The summed E-state index contributed by atoms with van der Waals surface area (Å²) in [7, 11) is 0. The zero-order chi connectivity index (χ0) is 26.9. The highest BCUT2D eigenvalue weighted by atomic mass is 35.5. The van der Waals surface area contributed by atoms with Crippen LogP contribution in [0.15, 0.2) is 66.0 Å². The van der Waals surface area contributed by atoms with Crippen molar-refractivity contribution in [3.8, 4) is 16.9 Å². The average molecular weight is 579 g/mol. The van der Waals surface area contributed by atoms with Crippen molar-refractivity contribution >= 4 is 52.3 Å². The van der Waals surface area contributed by atoms with Gasteiger partial charge < -0.3 is 9.64 Å². The third kappa shape index (κ3) is 5.24. The molecule has 2 aromatic heterocycles. The third-order valence-electron chi connectivity index (χ3n) is 6.94. The van der Waals surface area contributed by atoms with Crippen LogP contribution in [-0.4, -0.2) is 65.1 Å². The molecule has 6 rings (SSSR count). The molecule has 1 atom stereocenters. The van der Waals surface area contributed by atoms with Gasteiger partial charge in [-0.3, -0.25) is 14.5 Å². The van der Waals surface area contributed by atoms with Gasteiger partial charge in [-0.2, -0.15) is 5.10 Å². The van der Waals surface area contributed by atoms with Crippen molar-refractivity contribution in [2.24, 2.45) is 0 Å². The number of carbonyl (C=O) groups is 2. The van der Waals surface area contributed by atoms with Crippen molar-refractivity contribution in [1.82, 2.24) is 14.7 Å². The van der Waals surface area contributed by atoms with Crippen molar-refractivity contribution in [2.75, 3.05) is 43.5 Å². The first-order valence-electron chi connectivity index (χ1n) is 12.8. The van der Waals surface area contributed by atoms with E-state index in [2.05, 4.69) is 6.07 Å². The van der Waals surface area contributed by atoms with Crippen molar-refractivity contribution in [1.29, 1.82) is 0 Å². The minimum atomic E-state index is -0.127. The second-order valence-electron chi connectivity index (χ2n) is 9.52. The Balaban J connectivity index is 1.57. The van der Waals surface area contributed by atoms with E-state index in [9.17, 15) is 9.59 Å². The molecule has 0 radical (unpaired) electrons. The van der Waals surface area contributed by atoms with Crippen LogP contribution in [0.3, 0.4) is 0 Å². The highest BCUT2D eigenvalue weighted by molar-refractivity contribution is 8.00. The number of aromatic nitrogens is 2. The standard InChI is InChI=1S/C29H27ClN4O3S2/c1-19-4-10-22(11-5-19)34-29-26(27(31-34)20-6-8-21(30)9-7-20)28(23-3-2-16-38-23)39-18-25(36)33(29)17-24(35)32-12-14-37-15-13-32/h2-11,16,28H,12-15,17-18H2,1H3/t28-/m1/s1. The fourth-order valence-electron chi connectivity index (χ4n) is 4.92. The second-order valence-corrected chi connectivity index (χ2v) is 12.0. The first kappa shape index (κ1) is 26.1. The maximum absolute atomic E-state index is 13.8. The van der Waals surface area contributed by atoms with E-state index in [1.807, 2.05) is 71.6 Å². The lowest BCUT2D eigenvalue weighted by Gasteiger charge is -2.30. The van der Waals surface area contributed by atoms with E-state index in [1.54, 1.807) is 32.9 Å². The van der Waals surface area contributed by atoms with Crippen molar-refractivity contribution in [3.05, 3.63) is 87.1 Å². The number of ether oxygens (including phenoxy) is 1. The van der Waals surface area contributed by atoms with E-state index in [0.717, 1.165) is 32.9 Å². The molecular formula is C29H27ClN4O3S2. The molecule has 7 nitrogen and oxygen atoms in total. The number of anilines is 1. The van der Waals surface area contributed by atoms with Gasteiger partial charge in [0.25, 0.3) is 0 Å². The number of nitrogens with zero attached hydrogens (tertiary/aromatic N) is 4. The molecule has 4 aromatic rings. The summed E-state index contributed by atoms with van der Waals surface area (Å²) in [5.41, 5.74) is 4.54. The Bertz CT molecular complexity index is 1480. The minimum Gasteiger partial charge on any atom is -0.378 e. The molecule has 1 saturated heterocycles. The van der Waals surface area contributed by atoms with Crippen LogP contribution >= 0.6 is 34.7 Å². The van der Waals surface area contributed by atoms with Crippen LogP contribution in [0, 0.1) is 6.92 Å². The normalized spacial score (nSPS) is 17.7. The number of halogens is 1. The highest BCUT2D eigenvalue weighted by Gasteiger charge is 2.38. The molecule has 0 spiro atoms. The monoisotopic (exact) mass is 578 g/mol. The van der Waals surface area contributed by atoms with E-state index in [1.165, 1.54) is 0 Å². The number of aryl methyl sites for hydroxylation is 1. The quantitative estimate of drug-likeness (QED) is 0.309. The lowest BCUT2D eigenvalue weighted by Crippen LogP contribution is -2.48. The van der Waals surface area contributed by atoms with Gasteiger partial charge in [0.15, 0.2) is 0 Å². The van der Waals surface area contributed by atoms with Gasteiger partial charge in [-0.15, -0.1) is 23.1 Å². The maximum Gasteiger partial charge on any atom is 0.242 e. The maximum atomic E-state index is 13.8. The molecule has 2 amide bonds. The fraction of sp³-hybridized carbons (Fsp3) is 0.276. The van der Waals surface area contributed by atoms with Crippen LogP contribution < -0.4 is 4.90 Å². The molecule has 200 valence electrons. The second kappa shape index (κ2) is 11.2. The first-order valence-corrected chi connectivity index (χ1v) is 15.1. The number of hydrogen-bond donors (Lipinski definition) is 0. The molecule has 2 aliphatic rings. The molecule has 0 N–H and O–H groups in total. The average Bonchev–Trinajstić information content (AvgIpc) is 3.60. The number of thioether (sulfide) groups is 1. The Morgan fingerprint density at radius 2 is 1.82 bits per heavy atom. The zero-order valence-corrected chi connectivity index (χ0v) is 23.8. The fourth-order valence-corrected chi connectivity index (χ4v) is 7.22. The number of rotatable bonds is 5. The number of fused-ring (bicyclic) bond motifs is 1. The number of amides is 2. The van der Waals surface area contributed by atoms with Crippen LogP contribution in [-0.2, 0) is 14.3 Å². The molecule has 0 unspecified atom stereocenters.